The van der Waals surface area contributed by atoms with Crippen LogP contribution in [0.2, 0.25) is 14.4 Å². The quantitative estimate of drug-likeness (QED) is 0.272. The number of rotatable bonds is 5. The van der Waals surface area contributed by atoms with Gasteiger partial charge in [-0.1, -0.05) is 40.0 Å². The van der Waals surface area contributed by atoms with Crippen LogP contribution < -0.4 is 5.73 Å². The Morgan fingerprint density at radius 1 is 1.19 bits per heavy atom. The fraction of sp³-hybridized carbons (Fsp3) is 0.360. The van der Waals surface area contributed by atoms with Gasteiger partial charge in [0.2, 0.25) is 0 Å². The third-order valence-electron chi connectivity index (χ3n) is 6.13. The van der Waals surface area contributed by atoms with Gasteiger partial charge in [-0.25, -0.2) is 4.79 Å². The molecule has 4 aromatic rings. The number of piperidine rings is 1. The maximum Gasteiger partial charge on any atom is 0.352 e. The average Bonchev–Trinajstić information content (AvgIpc) is 3.53. The molecule has 0 aliphatic carbocycles. The van der Waals surface area contributed by atoms with Gasteiger partial charge in [0.05, 0.1) is 26.3 Å². The van der Waals surface area contributed by atoms with Crippen molar-refractivity contribution in [3.8, 4) is 10.6 Å². The number of thiophene rings is 1. The molecular weight excluding hydrogens is 543 g/mol. The number of nitrogens with zero attached hydrogens (tertiary/aromatic N) is 3. The maximum absolute atomic E-state index is 11.7. The summed E-state index contributed by atoms with van der Waals surface area (Å²) in [4.78, 5) is 15.0. The second-order valence-corrected chi connectivity index (χ2v) is 11.6. The minimum Gasteiger partial charge on any atom is -0.477 e. The van der Waals surface area contributed by atoms with Gasteiger partial charge in [-0.15, -0.1) is 11.3 Å². The van der Waals surface area contributed by atoms with Gasteiger partial charge in [-0.2, -0.15) is 0 Å². The van der Waals surface area contributed by atoms with E-state index in [1.54, 1.807) is 28.8 Å². The van der Waals surface area contributed by atoms with E-state index in [2.05, 4.69) is 23.9 Å². The Bertz CT molecular complexity index is 1360. The minimum absolute atomic E-state index is 0.0906. The van der Waals surface area contributed by atoms with E-state index in [1.165, 1.54) is 43.3 Å². The molecule has 0 bridgehead atoms. The van der Waals surface area contributed by atoms with Crippen molar-refractivity contribution in [2.75, 3.05) is 13.1 Å². The van der Waals surface area contributed by atoms with E-state index in [-0.39, 0.29) is 12.2 Å². The number of halogens is 3. The summed E-state index contributed by atoms with van der Waals surface area (Å²) in [5.41, 5.74) is 7.01. The number of hydrogen-bond acceptors (Lipinski definition) is 6. The molecule has 0 unspecified atom stereocenters. The van der Waals surface area contributed by atoms with Gasteiger partial charge in [0.1, 0.15) is 11.4 Å². The van der Waals surface area contributed by atoms with Crippen LogP contribution in [0.3, 0.4) is 0 Å². The summed E-state index contributed by atoms with van der Waals surface area (Å²) in [6.07, 6.45) is 2.36. The number of benzene rings is 1. The first-order chi connectivity index (χ1) is 17.1. The zero-order chi connectivity index (χ0) is 26.0. The van der Waals surface area contributed by atoms with Crippen LogP contribution in [0.15, 0.2) is 40.9 Å². The highest BCUT2D eigenvalue weighted by atomic mass is 35.5. The van der Waals surface area contributed by atoms with Crippen LogP contribution >= 0.6 is 46.1 Å². The lowest BCUT2D eigenvalue weighted by Crippen LogP contribution is -2.42. The van der Waals surface area contributed by atoms with Crippen LogP contribution in [0.25, 0.3) is 21.5 Å². The molecule has 1 aliphatic heterocycles. The predicted molar refractivity (Wildman–Crippen MR) is 147 cm³/mol. The third-order valence-corrected chi connectivity index (χ3v) is 7.88. The zero-order valence-electron chi connectivity index (χ0n) is 19.9. The van der Waals surface area contributed by atoms with Gasteiger partial charge >= 0.3 is 5.97 Å². The van der Waals surface area contributed by atoms with Crippen LogP contribution in [-0.2, 0) is 6.54 Å². The first-order valence-electron chi connectivity index (χ1n) is 11.5. The Kier molecular flexibility index (Phi) is 8.65. The number of carboxylic acid groups (broad SMARTS) is 1. The van der Waals surface area contributed by atoms with E-state index in [0.717, 1.165) is 4.88 Å². The first-order valence-corrected chi connectivity index (χ1v) is 13.5. The summed E-state index contributed by atoms with van der Waals surface area (Å²) in [5, 5.41) is 15.0. The van der Waals surface area contributed by atoms with Crippen molar-refractivity contribution in [2.45, 2.75) is 45.3 Å². The Hall–Kier alpha value is -2.07. The van der Waals surface area contributed by atoms with E-state index in [0.29, 0.717) is 48.8 Å². The largest absolute Gasteiger partial charge is 0.477 e. The lowest BCUT2D eigenvalue weighted by atomic mass is 10.1. The standard InChI is InChI=1S/C17H9Cl3N2O3S.C8H18N2/c18-9-3-8-4-12(17(23)24)22(16(8)11(19)5-9)7-10-6-13(25-21-10)14-1-2-15(20)26-14;1-7(2)10-5-3-8(9)4-6-10/h1-6H,7H2,(H,23,24);7-8H,3-6,9H2,1-2H3. The van der Waals surface area contributed by atoms with Gasteiger partial charge in [-0.05, 0) is 70.1 Å². The van der Waals surface area contributed by atoms with Crippen molar-refractivity contribution in [3.63, 3.8) is 0 Å². The molecule has 0 radical (unpaired) electrons. The lowest BCUT2D eigenvalue weighted by Gasteiger charge is -2.32. The molecule has 1 aromatic carbocycles. The van der Waals surface area contributed by atoms with Crippen molar-refractivity contribution >= 4 is 63.0 Å². The molecule has 1 saturated heterocycles. The molecular formula is C25H27Cl3N4O3S. The molecule has 7 nitrogen and oxygen atoms in total. The van der Waals surface area contributed by atoms with Gasteiger partial charge < -0.3 is 24.8 Å². The predicted octanol–water partition coefficient (Wildman–Crippen LogP) is 6.88. The average molecular weight is 570 g/mol. The summed E-state index contributed by atoms with van der Waals surface area (Å²) in [6, 6.07) is 11.3. The second-order valence-electron chi connectivity index (χ2n) is 9.00. The van der Waals surface area contributed by atoms with Crippen LogP contribution in [0.5, 0.6) is 0 Å². The normalized spacial score (nSPS) is 14.9. The van der Waals surface area contributed by atoms with Crippen LogP contribution in [0.4, 0.5) is 0 Å². The van der Waals surface area contributed by atoms with E-state index >= 15 is 0 Å². The molecule has 5 rings (SSSR count). The van der Waals surface area contributed by atoms with Crippen LogP contribution in [0, 0.1) is 0 Å². The molecule has 0 atom stereocenters. The molecule has 11 heteroatoms. The number of aromatic nitrogens is 2. The molecule has 0 spiro atoms. The highest BCUT2D eigenvalue weighted by Crippen LogP contribution is 2.33. The molecule has 0 saturated carbocycles. The molecule has 3 N–H and O–H groups in total. The summed E-state index contributed by atoms with van der Waals surface area (Å²) in [5.74, 6) is -0.499. The zero-order valence-corrected chi connectivity index (χ0v) is 23.0. The van der Waals surface area contributed by atoms with E-state index < -0.39 is 5.97 Å². The summed E-state index contributed by atoms with van der Waals surface area (Å²) in [6.45, 7) is 7.07. The minimum atomic E-state index is -1.07. The fourth-order valence-corrected chi connectivity index (χ4v) is 5.82. The number of carboxylic acids is 1. The number of carbonyl (C=O) groups is 1. The number of nitrogens with two attached hydrogens (primary N) is 1. The molecule has 1 fully saturated rings. The molecule has 1 aliphatic rings. The van der Waals surface area contributed by atoms with Crippen molar-refractivity contribution in [3.05, 3.63) is 62.2 Å². The second kappa shape index (κ2) is 11.5. The topological polar surface area (TPSA) is 97.5 Å². The van der Waals surface area contributed by atoms with Gasteiger partial charge in [0.15, 0.2) is 5.76 Å². The first kappa shape index (κ1) is 27.0. The molecule has 0 amide bonds. The maximum atomic E-state index is 11.7. The van der Waals surface area contributed by atoms with Crippen molar-refractivity contribution in [1.29, 1.82) is 0 Å². The van der Waals surface area contributed by atoms with E-state index in [4.69, 9.17) is 45.1 Å². The highest BCUT2D eigenvalue weighted by molar-refractivity contribution is 7.19. The molecule has 36 heavy (non-hydrogen) atoms. The Labute approximate surface area is 228 Å². The van der Waals surface area contributed by atoms with E-state index in [1.807, 2.05) is 6.07 Å². The summed E-state index contributed by atoms with van der Waals surface area (Å²) < 4.78 is 7.59. The molecule has 192 valence electrons. The number of likely N-dealkylation sites (tertiary alicyclic amines) is 1. The number of hydrogen-bond donors (Lipinski definition) is 2. The van der Waals surface area contributed by atoms with Crippen molar-refractivity contribution in [2.24, 2.45) is 5.73 Å². The Balaban J connectivity index is 0.000000256. The molecule has 3 aromatic heterocycles. The van der Waals surface area contributed by atoms with Crippen molar-refractivity contribution in [1.82, 2.24) is 14.6 Å². The van der Waals surface area contributed by atoms with Crippen LogP contribution in [-0.4, -0.2) is 50.9 Å². The smallest absolute Gasteiger partial charge is 0.352 e. The SMILES string of the molecule is CC(C)N1CCC(N)CC1.O=C(O)c1cc2cc(Cl)cc(Cl)c2n1Cc1cc(-c2ccc(Cl)s2)on1. The monoisotopic (exact) mass is 568 g/mol. The summed E-state index contributed by atoms with van der Waals surface area (Å²) >= 11 is 19.6. The highest BCUT2D eigenvalue weighted by Gasteiger charge is 2.20. The van der Waals surface area contributed by atoms with Gasteiger partial charge in [0, 0.05) is 28.6 Å². The van der Waals surface area contributed by atoms with Gasteiger partial charge in [0.25, 0.3) is 0 Å². The Morgan fingerprint density at radius 3 is 2.53 bits per heavy atom. The Morgan fingerprint density at radius 2 is 1.92 bits per heavy atom. The van der Waals surface area contributed by atoms with E-state index in [9.17, 15) is 9.90 Å². The van der Waals surface area contributed by atoms with Gasteiger partial charge in [-0.3, -0.25) is 0 Å². The number of fused-ring (bicyclic) bond motifs is 1. The van der Waals surface area contributed by atoms with Crippen LogP contribution in [0.1, 0.15) is 42.9 Å². The summed E-state index contributed by atoms with van der Waals surface area (Å²) in [7, 11) is 0. The fourth-order valence-electron chi connectivity index (χ4n) is 4.21. The molecule has 4 heterocycles. The lowest BCUT2D eigenvalue weighted by molar-refractivity contribution is 0.0686. The van der Waals surface area contributed by atoms with Crippen molar-refractivity contribution < 1.29 is 14.4 Å². The number of aromatic carboxylic acids is 1. The third kappa shape index (κ3) is 6.25.